The number of benzene rings is 2. The third kappa shape index (κ3) is 2.22. The molecule has 61 valence electrons. The van der Waals surface area contributed by atoms with E-state index >= 15 is 0 Å². The number of hydrogen-bond donors (Lipinski definition) is 0. The van der Waals surface area contributed by atoms with Crippen LogP contribution in [0.5, 0.6) is 0 Å². The minimum atomic E-state index is 0. The molecule has 0 bridgehead atoms. The van der Waals surface area contributed by atoms with Gasteiger partial charge in [0.2, 0.25) is 0 Å². The molecular formula is C12H10B. The lowest BCUT2D eigenvalue weighted by molar-refractivity contribution is 1.62. The molecule has 0 nitrogen and oxygen atoms in total. The summed E-state index contributed by atoms with van der Waals surface area (Å²) in [6, 6.07) is 20.8. The summed E-state index contributed by atoms with van der Waals surface area (Å²) in [4.78, 5) is 0. The van der Waals surface area contributed by atoms with Crippen molar-refractivity contribution in [2.24, 2.45) is 0 Å². The molecule has 3 radical (unpaired) electrons. The van der Waals surface area contributed by atoms with Gasteiger partial charge in [-0.3, -0.25) is 0 Å². The van der Waals surface area contributed by atoms with Crippen LogP contribution >= 0.6 is 0 Å². The summed E-state index contributed by atoms with van der Waals surface area (Å²) in [5.74, 6) is 0. The van der Waals surface area contributed by atoms with Crippen LogP contribution in [0.1, 0.15) is 0 Å². The Labute approximate surface area is 80.8 Å². The van der Waals surface area contributed by atoms with Crippen LogP contribution in [0, 0.1) is 0 Å². The Morgan fingerprint density at radius 2 is 0.769 bits per heavy atom. The zero-order valence-electron chi connectivity index (χ0n) is 7.35. The molecule has 0 amide bonds. The van der Waals surface area contributed by atoms with E-state index in [0.29, 0.717) is 0 Å². The first-order chi connectivity index (χ1) is 5.97. The normalized spacial score (nSPS) is 8.92. The average molecular weight is 165 g/mol. The molecule has 0 fully saturated rings. The Hall–Kier alpha value is -1.50. The van der Waals surface area contributed by atoms with E-state index in [-0.39, 0.29) is 8.41 Å². The highest BCUT2D eigenvalue weighted by molar-refractivity contribution is 5.75. The van der Waals surface area contributed by atoms with Crippen molar-refractivity contribution in [3.8, 4) is 11.1 Å². The van der Waals surface area contributed by atoms with E-state index in [2.05, 4.69) is 48.5 Å². The number of rotatable bonds is 1. The summed E-state index contributed by atoms with van der Waals surface area (Å²) >= 11 is 0. The van der Waals surface area contributed by atoms with Gasteiger partial charge >= 0.3 is 0 Å². The van der Waals surface area contributed by atoms with Gasteiger partial charge in [0.1, 0.15) is 0 Å². The maximum atomic E-state index is 2.12. The largest absolute Gasteiger partial charge is 0.0622 e. The van der Waals surface area contributed by atoms with Gasteiger partial charge in [-0.15, -0.1) is 0 Å². The maximum Gasteiger partial charge on any atom is 0 e. The molecule has 2 aromatic carbocycles. The van der Waals surface area contributed by atoms with Crippen LogP contribution in [0.25, 0.3) is 11.1 Å². The fraction of sp³-hybridized carbons (Fsp3) is 0. The van der Waals surface area contributed by atoms with Crippen LogP contribution in [-0.4, -0.2) is 8.41 Å². The van der Waals surface area contributed by atoms with E-state index in [1.807, 2.05) is 12.1 Å². The van der Waals surface area contributed by atoms with Gasteiger partial charge in [0, 0.05) is 8.41 Å². The van der Waals surface area contributed by atoms with Crippen molar-refractivity contribution in [3.63, 3.8) is 0 Å². The van der Waals surface area contributed by atoms with Crippen molar-refractivity contribution in [2.45, 2.75) is 0 Å². The second-order valence-electron chi connectivity index (χ2n) is 2.73. The van der Waals surface area contributed by atoms with Crippen molar-refractivity contribution in [2.75, 3.05) is 0 Å². The lowest BCUT2D eigenvalue weighted by atomic mass is 10.1. The summed E-state index contributed by atoms with van der Waals surface area (Å²) in [5.41, 5.74) is 2.55. The van der Waals surface area contributed by atoms with Gasteiger partial charge in [-0.25, -0.2) is 0 Å². The van der Waals surface area contributed by atoms with Gasteiger partial charge < -0.3 is 0 Å². The fourth-order valence-corrected chi connectivity index (χ4v) is 1.26. The number of hydrogen-bond acceptors (Lipinski definition) is 0. The molecule has 0 aliphatic carbocycles. The second kappa shape index (κ2) is 4.51. The van der Waals surface area contributed by atoms with Crippen molar-refractivity contribution >= 4 is 8.41 Å². The first-order valence-electron chi connectivity index (χ1n) is 4.07. The molecule has 0 aliphatic rings. The van der Waals surface area contributed by atoms with E-state index in [1.54, 1.807) is 0 Å². The second-order valence-corrected chi connectivity index (χ2v) is 2.73. The smallest absolute Gasteiger partial charge is 0 e. The summed E-state index contributed by atoms with van der Waals surface area (Å²) in [6.45, 7) is 0. The summed E-state index contributed by atoms with van der Waals surface area (Å²) in [5, 5.41) is 0. The summed E-state index contributed by atoms with van der Waals surface area (Å²) in [7, 11) is 0. The van der Waals surface area contributed by atoms with Crippen molar-refractivity contribution < 1.29 is 0 Å². The highest BCUT2D eigenvalue weighted by atomic mass is 14.0. The lowest BCUT2D eigenvalue weighted by Crippen LogP contribution is -1.73. The molecule has 0 aromatic heterocycles. The minimum Gasteiger partial charge on any atom is -0.0622 e. The molecular weight excluding hydrogens is 155 g/mol. The quantitative estimate of drug-likeness (QED) is 0.569. The molecule has 1 heteroatoms. The van der Waals surface area contributed by atoms with E-state index < -0.39 is 0 Å². The van der Waals surface area contributed by atoms with E-state index in [9.17, 15) is 0 Å². The molecule has 0 heterocycles. The van der Waals surface area contributed by atoms with Gasteiger partial charge in [0.15, 0.2) is 0 Å². The predicted octanol–water partition coefficient (Wildman–Crippen LogP) is 2.97. The molecule has 2 rings (SSSR count). The summed E-state index contributed by atoms with van der Waals surface area (Å²) < 4.78 is 0. The van der Waals surface area contributed by atoms with Crippen LogP contribution in [0.3, 0.4) is 0 Å². The Balaban J connectivity index is 0.000000845. The van der Waals surface area contributed by atoms with E-state index in [4.69, 9.17) is 0 Å². The molecule has 13 heavy (non-hydrogen) atoms. The van der Waals surface area contributed by atoms with Crippen LogP contribution < -0.4 is 0 Å². The van der Waals surface area contributed by atoms with Crippen LogP contribution in [0.15, 0.2) is 60.7 Å². The van der Waals surface area contributed by atoms with Crippen LogP contribution in [-0.2, 0) is 0 Å². The molecule has 0 saturated carbocycles. The molecule has 0 aliphatic heterocycles. The average Bonchev–Trinajstić information content (AvgIpc) is 2.21. The SMILES string of the molecule is [B].c1ccc(-c2ccccc2)cc1. The Kier molecular flexibility index (Phi) is 3.33. The van der Waals surface area contributed by atoms with Crippen molar-refractivity contribution in [3.05, 3.63) is 60.7 Å². The predicted molar refractivity (Wildman–Crippen MR) is 57.6 cm³/mol. The Morgan fingerprint density at radius 3 is 1.08 bits per heavy atom. The van der Waals surface area contributed by atoms with Crippen molar-refractivity contribution in [1.29, 1.82) is 0 Å². The molecule has 0 atom stereocenters. The molecule has 0 spiro atoms. The zero-order valence-corrected chi connectivity index (χ0v) is 7.35. The third-order valence-electron chi connectivity index (χ3n) is 1.88. The Morgan fingerprint density at radius 1 is 0.462 bits per heavy atom. The maximum absolute atomic E-state index is 2.12. The Bertz CT molecular complexity index is 303. The van der Waals surface area contributed by atoms with Crippen LogP contribution in [0.4, 0.5) is 0 Å². The van der Waals surface area contributed by atoms with Crippen molar-refractivity contribution in [1.82, 2.24) is 0 Å². The monoisotopic (exact) mass is 165 g/mol. The molecule has 0 N–H and O–H groups in total. The van der Waals surface area contributed by atoms with E-state index in [0.717, 1.165) is 0 Å². The minimum absolute atomic E-state index is 0. The first kappa shape index (κ1) is 9.59. The van der Waals surface area contributed by atoms with Gasteiger partial charge in [-0.2, -0.15) is 0 Å². The molecule has 0 unspecified atom stereocenters. The lowest BCUT2D eigenvalue weighted by Gasteiger charge is -1.98. The third-order valence-corrected chi connectivity index (χ3v) is 1.88. The standard InChI is InChI=1S/C12H10.B/c1-3-7-11(8-4-1)12-9-5-2-6-10-12;/h1-10H;. The van der Waals surface area contributed by atoms with Gasteiger partial charge in [-0.1, -0.05) is 60.7 Å². The molecule has 0 saturated heterocycles. The molecule has 2 aromatic rings. The first-order valence-corrected chi connectivity index (χ1v) is 4.07. The topological polar surface area (TPSA) is 0 Å². The highest BCUT2D eigenvalue weighted by Crippen LogP contribution is 2.17. The van der Waals surface area contributed by atoms with E-state index in [1.165, 1.54) is 11.1 Å². The van der Waals surface area contributed by atoms with Gasteiger partial charge in [0.25, 0.3) is 0 Å². The van der Waals surface area contributed by atoms with Gasteiger partial charge in [0.05, 0.1) is 0 Å². The fourth-order valence-electron chi connectivity index (χ4n) is 1.26. The van der Waals surface area contributed by atoms with Gasteiger partial charge in [-0.05, 0) is 11.1 Å². The van der Waals surface area contributed by atoms with Crippen LogP contribution in [0.2, 0.25) is 0 Å². The zero-order chi connectivity index (χ0) is 8.23. The summed E-state index contributed by atoms with van der Waals surface area (Å²) in [6.07, 6.45) is 0. The highest BCUT2D eigenvalue weighted by Gasteiger charge is 1.91.